The number of para-hydroxylation sites is 2. The lowest BCUT2D eigenvalue weighted by Gasteiger charge is -2.13. The first-order valence-electron chi connectivity index (χ1n) is 10.5. The minimum atomic E-state index is 0.693. The van der Waals surface area contributed by atoms with E-state index in [1.54, 1.807) is 0 Å². The summed E-state index contributed by atoms with van der Waals surface area (Å²) in [6.45, 7) is 0.693. The zero-order chi connectivity index (χ0) is 20.9. The summed E-state index contributed by atoms with van der Waals surface area (Å²) in [6, 6.07) is 41.7. The summed E-state index contributed by atoms with van der Waals surface area (Å²) in [7, 11) is 0. The van der Waals surface area contributed by atoms with Crippen molar-refractivity contribution in [3.63, 3.8) is 0 Å². The Morgan fingerprint density at radius 3 is 2.06 bits per heavy atom. The maximum Gasteiger partial charge on any atom is 0.132 e. The Kier molecular flexibility index (Phi) is 5.36. The predicted octanol–water partition coefficient (Wildman–Crippen LogP) is 7.91. The quantitative estimate of drug-likeness (QED) is 0.312. The molecule has 0 spiro atoms. The van der Waals surface area contributed by atoms with Gasteiger partial charge in [-0.3, -0.25) is 0 Å². The molecule has 1 N–H and O–H groups in total. The van der Waals surface area contributed by atoms with Gasteiger partial charge in [0, 0.05) is 17.8 Å². The van der Waals surface area contributed by atoms with Gasteiger partial charge in [-0.1, -0.05) is 84.9 Å². The summed E-state index contributed by atoms with van der Waals surface area (Å²) in [5, 5.41) is 6.04. The Labute approximate surface area is 182 Å². The van der Waals surface area contributed by atoms with Crippen molar-refractivity contribution in [2.24, 2.45) is 0 Å². The average molecular weight is 402 g/mol. The second-order valence-corrected chi connectivity index (χ2v) is 7.52. The van der Waals surface area contributed by atoms with E-state index in [1.165, 1.54) is 21.9 Å². The number of rotatable bonds is 6. The molecule has 0 fully saturated rings. The van der Waals surface area contributed by atoms with Crippen molar-refractivity contribution in [1.29, 1.82) is 0 Å². The van der Waals surface area contributed by atoms with E-state index in [4.69, 9.17) is 4.74 Å². The highest BCUT2D eigenvalue weighted by Gasteiger charge is 2.05. The summed E-state index contributed by atoms with van der Waals surface area (Å²) in [4.78, 5) is 0. The Hall–Kier alpha value is -4.04. The van der Waals surface area contributed by atoms with Crippen LogP contribution in [-0.4, -0.2) is 0 Å². The molecule has 0 amide bonds. The fraction of sp³-hybridized carbons (Fsp3) is 0.0345. The smallest absolute Gasteiger partial charge is 0.132 e. The van der Waals surface area contributed by atoms with Crippen molar-refractivity contribution in [1.82, 2.24) is 0 Å². The first-order valence-corrected chi connectivity index (χ1v) is 10.5. The number of ether oxygens (including phenoxy) is 1. The Balaban J connectivity index is 1.29. The average Bonchev–Trinajstić information content (AvgIpc) is 2.84. The van der Waals surface area contributed by atoms with Crippen LogP contribution < -0.4 is 10.1 Å². The van der Waals surface area contributed by atoms with E-state index in [9.17, 15) is 0 Å². The first kappa shape index (κ1) is 19.0. The SMILES string of the molecule is c1ccc(Oc2ccccc2CNc2ccc(-c3ccc4ccccc4c3)cc2)cc1. The van der Waals surface area contributed by atoms with Crippen LogP contribution in [0.2, 0.25) is 0 Å². The second-order valence-electron chi connectivity index (χ2n) is 7.52. The highest BCUT2D eigenvalue weighted by atomic mass is 16.5. The molecule has 5 rings (SSSR count). The van der Waals surface area contributed by atoms with Crippen LogP contribution in [0.3, 0.4) is 0 Å². The van der Waals surface area contributed by atoms with Gasteiger partial charge in [-0.05, 0) is 58.3 Å². The van der Waals surface area contributed by atoms with Crippen LogP contribution in [0, 0.1) is 0 Å². The highest BCUT2D eigenvalue weighted by Crippen LogP contribution is 2.28. The van der Waals surface area contributed by atoms with Crippen molar-refractivity contribution >= 4 is 16.5 Å². The van der Waals surface area contributed by atoms with Gasteiger partial charge in [-0.15, -0.1) is 0 Å². The van der Waals surface area contributed by atoms with Gasteiger partial charge in [-0.25, -0.2) is 0 Å². The molecule has 0 aliphatic rings. The van der Waals surface area contributed by atoms with Crippen LogP contribution in [0.15, 0.2) is 121 Å². The molecule has 150 valence electrons. The number of hydrogen-bond acceptors (Lipinski definition) is 2. The molecular weight excluding hydrogens is 378 g/mol. The molecule has 5 aromatic carbocycles. The standard InChI is InChI=1S/C29H23NO/c1-2-11-28(12-3-1)31-29-13-7-6-10-26(29)21-30-27-18-16-23(17-19-27)25-15-14-22-8-4-5-9-24(22)20-25/h1-20,30H,21H2. The molecule has 0 saturated heterocycles. The molecule has 0 bridgehead atoms. The summed E-state index contributed by atoms with van der Waals surface area (Å²) in [5.74, 6) is 1.71. The molecule has 0 unspecified atom stereocenters. The molecule has 0 saturated carbocycles. The molecular formula is C29H23NO. The van der Waals surface area contributed by atoms with Crippen molar-refractivity contribution in [2.75, 3.05) is 5.32 Å². The number of anilines is 1. The van der Waals surface area contributed by atoms with Crippen molar-refractivity contribution in [2.45, 2.75) is 6.54 Å². The lowest BCUT2D eigenvalue weighted by atomic mass is 10.0. The molecule has 5 aromatic rings. The van der Waals surface area contributed by atoms with E-state index in [0.29, 0.717) is 6.54 Å². The van der Waals surface area contributed by atoms with Crippen LogP contribution in [-0.2, 0) is 6.54 Å². The molecule has 0 aliphatic heterocycles. The number of nitrogens with one attached hydrogen (secondary N) is 1. The van der Waals surface area contributed by atoms with Crippen LogP contribution >= 0.6 is 0 Å². The number of hydrogen-bond donors (Lipinski definition) is 1. The van der Waals surface area contributed by atoms with E-state index in [-0.39, 0.29) is 0 Å². The second kappa shape index (κ2) is 8.76. The number of benzene rings is 5. The van der Waals surface area contributed by atoms with Gasteiger partial charge in [0.15, 0.2) is 0 Å². The van der Waals surface area contributed by atoms with E-state index < -0.39 is 0 Å². The monoisotopic (exact) mass is 401 g/mol. The van der Waals surface area contributed by atoms with Crippen molar-refractivity contribution in [3.05, 3.63) is 127 Å². The predicted molar refractivity (Wildman–Crippen MR) is 130 cm³/mol. The van der Waals surface area contributed by atoms with E-state index in [2.05, 4.69) is 78.1 Å². The van der Waals surface area contributed by atoms with Gasteiger partial charge in [-0.2, -0.15) is 0 Å². The molecule has 2 heteroatoms. The summed E-state index contributed by atoms with van der Waals surface area (Å²) >= 11 is 0. The summed E-state index contributed by atoms with van der Waals surface area (Å²) < 4.78 is 6.07. The zero-order valence-corrected chi connectivity index (χ0v) is 17.2. The molecule has 2 nitrogen and oxygen atoms in total. The molecule has 0 aliphatic carbocycles. The Morgan fingerprint density at radius 1 is 0.548 bits per heavy atom. The largest absolute Gasteiger partial charge is 0.457 e. The van der Waals surface area contributed by atoms with Crippen LogP contribution in [0.5, 0.6) is 11.5 Å². The third-order valence-electron chi connectivity index (χ3n) is 5.39. The van der Waals surface area contributed by atoms with Crippen molar-refractivity contribution < 1.29 is 4.74 Å². The topological polar surface area (TPSA) is 21.3 Å². The zero-order valence-electron chi connectivity index (χ0n) is 17.2. The third kappa shape index (κ3) is 4.44. The maximum absolute atomic E-state index is 6.07. The molecule has 0 radical (unpaired) electrons. The van der Waals surface area contributed by atoms with Gasteiger partial charge < -0.3 is 10.1 Å². The van der Waals surface area contributed by atoms with Gasteiger partial charge in [0.2, 0.25) is 0 Å². The minimum Gasteiger partial charge on any atom is -0.457 e. The van der Waals surface area contributed by atoms with Crippen LogP contribution in [0.25, 0.3) is 21.9 Å². The van der Waals surface area contributed by atoms with Crippen LogP contribution in [0.4, 0.5) is 5.69 Å². The Morgan fingerprint density at radius 2 is 1.23 bits per heavy atom. The van der Waals surface area contributed by atoms with Gasteiger partial charge in [0.25, 0.3) is 0 Å². The minimum absolute atomic E-state index is 0.693. The summed E-state index contributed by atoms with van der Waals surface area (Å²) in [5.41, 5.74) is 4.64. The van der Waals surface area contributed by atoms with E-state index in [0.717, 1.165) is 22.7 Å². The summed E-state index contributed by atoms with van der Waals surface area (Å²) in [6.07, 6.45) is 0. The number of fused-ring (bicyclic) bond motifs is 1. The van der Waals surface area contributed by atoms with E-state index >= 15 is 0 Å². The Bertz CT molecular complexity index is 1290. The molecule has 0 heterocycles. The normalized spacial score (nSPS) is 10.7. The lowest BCUT2D eigenvalue weighted by Crippen LogP contribution is -2.01. The van der Waals surface area contributed by atoms with Gasteiger partial charge in [0.05, 0.1) is 0 Å². The third-order valence-corrected chi connectivity index (χ3v) is 5.39. The molecule has 0 aromatic heterocycles. The maximum atomic E-state index is 6.07. The fourth-order valence-electron chi connectivity index (χ4n) is 3.71. The van der Waals surface area contributed by atoms with Crippen LogP contribution in [0.1, 0.15) is 5.56 Å². The van der Waals surface area contributed by atoms with Crippen molar-refractivity contribution in [3.8, 4) is 22.6 Å². The molecule has 31 heavy (non-hydrogen) atoms. The van der Waals surface area contributed by atoms with Gasteiger partial charge >= 0.3 is 0 Å². The lowest BCUT2D eigenvalue weighted by molar-refractivity contribution is 0.477. The highest BCUT2D eigenvalue weighted by molar-refractivity contribution is 5.87. The first-order chi connectivity index (χ1) is 15.3. The molecule has 0 atom stereocenters. The van der Waals surface area contributed by atoms with E-state index in [1.807, 2.05) is 48.5 Å². The van der Waals surface area contributed by atoms with Gasteiger partial charge in [0.1, 0.15) is 11.5 Å². The fourth-order valence-corrected chi connectivity index (χ4v) is 3.71.